The molecule has 0 N–H and O–H groups in total. The molecule has 1 atom stereocenters. The van der Waals surface area contributed by atoms with Crippen LogP contribution in [-0.4, -0.2) is 29.2 Å². The van der Waals surface area contributed by atoms with Crippen molar-refractivity contribution >= 4 is 11.6 Å². The molecule has 1 heterocycles. The van der Waals surface area contributed by atoms with E-state index in [0.29, 0.717) is 16.8 Å². The van der Waals surface area contributed by atoms with Crippen LogP contribution >= 0.6 is 0 Å². The Hall–Kier alpha value is -3.75. The molecule has 0 spiro atoms. The molecule has 0 saturated heterocycles. The predicted octanol–water partition coefficient (Wildman–Crippen LogP) is 5.82. The van der Waals surface area contributed by atoms with Gasteiger partial charge in [-0.3, -0.25) is 4.79 Å². The van der Waals surface area contributed by atoms with Gasteiger partial charge in [-0.25, -0.2) is 8.78 Å². The van der Waals surface area contributed by atoms with Gasteiger partial charge in [0.25, 0.3) is 5.91 Å². The molecule has 34 heavy (non-hydrogen) atoms. The molecule has 0 bridgehead atoms. The first-order chi connectivity index (χ1) is 16.2. The number of amides is 1. The normalized spacial score (nSPS) is 15.6. The van der Waals surface area contributed by atoms with Crippen molar-refractivity contribution in [3.63, 3.8) is 0 Å². The number of carbonyl (C=O) groups excluding carboxylic acids is 1. The van der Waals surface area contributed by atoms with E-state index >= 15 is 0 Å². The molecule has 0 fully saturated rings. The van der Waals surface area contributed by atoms with E-state index in [9.17, 15) is 26.7 Å². The number of halogens is 5. The number of rotatable bonds is 6. The molecular formula is C25H19F5N2O2. The van der Waals surface area contributed by atoms with E-state index in [4.69, 9.17) is 4.84 Å². The molecule has 0 aromatic heterocycles. The summed E-state index contributed by atoms with van der Waals surface area (Å²) in [4.78, 5) is 19.9. The Kier molecular flexibility index (Phi) is 6.63. The summed E-state index contributed by atoms with van der Waals surface area (Å²) in [7, 11) is 0. The fourth-order valence-electron chi connectivity index (χ4n) is 3.65. The Morgan fingerprint density at radius 1 is 1.00 bits per heavy atom. The number of nitrogens with zero attached hydrogens (tertiary/aromatic N) is 2. The molecule has 176 valence electrons. The van der Waals surface area contributed by atoms with Crippen molar-refractivity contribution in [3.8, 4) is 0 Å². The van der Waals surface area contributed by atoms with E-state index in [1.165, 1.54) is 47.4 Å². The van der Waals surface area contributed by atoms with Gasteiger partial charge >= 0.3 is 6.18 Å². The second-order valence-electron chi connectivity index (χ2n) is 7.84. The minimum Gasteiger partial charge on any atom is -0.390 e. The molecule has 3 aromatic carbocycles. The lowest BCUT2D eigenvalue weighted by Gasteiger charge is -2.25. The Bertz CT molecular complexity index is 1210. The lowest BCUT2D eigenvalue weighted by molar-refractivity contribution is -0.137. The van der Waals surface area contributed by atoms with Gasteiger partial charge in [0.05, 0.1) is 23.4 Å². The Balaban J connectivity index is 1.53. The summed E-state index contributed by atoms with van der Waals surface area (Å²) in [5.41, 5.74) is 0.491. The van der Waals surface area contributed by atoms with Crippen molar-refractivity contribution in [3.05, 3.63) is 107 Å². The molecule has 1 aliphatic heterocycles. The third-order valence-corrected chi connectivity index (χ3v) is 5.36. The summed E-state index contributed by atoms with van der Waals surface area (Å²) in [6.45, 7) is -0.0725. The smallest absolute Gasteiger partial charge is 0.390 e. The molecule has 4 nitrogen and oxygen atoms in total. The molecule has 0 aliphatic carbocycles. The minimum absolute atomic E-state index is 0.00347. The molecule has 4 rings (SSSR count). The van der Waals surface area contributed by atoms with Crippen LogP contribution in [0.15, 0.2) is 78.0 Å². The average molecular weight is 474 g/mol. The molecule has 3 aromatic rings. The standard InChI is InChI=1S/C25H19F5N2O2/c26-19-5-3-4-17(12-19)23-13-20(34-31-23)15-32(24(33)21-6-1-2-7-22(21)27)14-16-8-10-18(11-9-16)25(28,29)30/h1-12,20H,13-15H2. The highest BCUT2D eigenvalue weighted by molar-refractivity contribution is 6.01. The lowest BCUT2D eigenvalue weighted by atomic mass is 10.0. The van der Waals surface area contributed by atoms with Gasteiger partial charge in [-0.15, -0.1) is 0 Å². The fraction of sp³-hybridized carbons (Fsp3) is 0.200. The fourth-order valence-corrected chi connectivity index (χ4v) is 3.65. The third kappa shape index (κ3) is 5.41. The van der Waals surface area contributed by atoms with Crippen LogP contribution in [0.2, 0.25) is 0 Å². The van der Waals surface area contributed by atoms with E-state index in [1.54, 1.807) is 12.1 Å². The average Bonchev–Trinajstić information content (AvgIpc) is 3.27. The third-order valence-electron chi connectivity index (χ3n) is 5.36. The van der Waals surface area contributed by atoms with Gasteiger partial charge in [-0.1, -0.05) is 41.6 Å². The van der Waals surface area contributed by atoms with Crippen molar-refractivity contribution in [2.24, 2.45) is 5.16 Å². The summed E-state index contributed by atoms with van der Waals surface area (Å²) in [5, 5.41) is 3.99. The summed E-state index contributed by atoms with van der Waals surface area (Å²) in [6, 6.07) is 15.7. The molecule has 1 aliphatic rings. The van der Waals surface area contributed by atoms with Gasteiger partial charge < -0.3 is 9.74 Å². The Morgan fingerprint density at radius 3 is 2.41 bits per heavy atom. The Morgan fingerprint density at radius 2 is 1.74 bits per heavy atom. The van der Waals surface area contributed by atoms with E-state index in [2.05, 4.69) is 5.16 Å². The van der Waals surface area contributed by atoms with E-state index in [1.807, 2.05) is 0 Å². The predicted molar refractivity (Wildman–Crippen MR) is 115 cm³/mol. The number of hydrogen-bond acceptors (Lipinski definition) is 3. The first-order valence-corrected chi connectivity index (χ1v) is 10.4. The lowest BCUT2D eigenvalue weighted by Crippen LogP contribution is -2.37. The summed E-state index contributed by atoms with van der Waals surface area (Å²) in [6.07, 6.45) is -4.80. The van der Waals surface area contributed by atoms with Gasteiger partial charge in [-0.2, -0.15) is 13.2 Å². The molecular weight excluding hydrogens is 455 g/mol. The SMILES string of the molecule is O=C(c1ccccc1F)N(Cc1ccc(C(F)(F)F)cc1)CC1CC(c2cccc(F)c2)=NO1. The van der Waals surface area contributed by atoms with Gasteiger partial charge in [0.2, 0.25) is 0 Å². The Labute approximate surface area is 192 Å². The van der Waals surface area contributed by atoms with Crippen molar-refractivity contribution in [1.82, 2.24) is 4.90 Å². The number of alkyl halides is 3. The zero-order chi connectivity index (χ0) is 24.3. The number of hydrogen-bond donors (Lipinski definition) is 0. The minimum atomic E-state index is -4.48. The summed E-state index contributed by atoms with van der Waals surface area (Å²) >= 11 is 0. The molecule has 0 saturated carbocycles. The van der Waals surface area contributed by atoms with Crippen molar-refractivity contribution < 1.29 is 31.6 Å². The van der Waals surface area contributed by atoms with Crippen LogP contribution in [0.3, 0.4) is 0 Å². The highest BCUT2D eigenvalue weighted by Crippen LogP contribution is 2.29. The highest BCUT2D eigenvalue weighted by Gasteiger charge is 2.31. The van der Waals surface area contributed by atoms with Crippen molar-refractivity contribution in [2.75, 3.05) is 6.54 Å². The van der Waals surface area contributed by atoms with Gasteiger partial charge in [-0.05, 0) is 42.0 Å². The van der Waals surface area contributed by atoms with E-state index in [-0.39, 0.29) is 25.1 Å². The quantitative estimate of drug-likeness (QED) is 0.423. The van der Waals surface area contributed by atoms with Crippen LogP contribution in [0.25, 0.3) is 0 Å². The maximum absolute atomic E-state index is 14.3. The number of oxime groups is 1. The van der Waals surface area contributed by atoms with Crippen LogP contribution < -0.4 is 0 Å². The molecule has 1 unspecified atom stereocenters. The monoisotopic (exact) mass is 474 g/mol. The van der Waals surface area contributed by atoms with E-state index < -0.39 is 35.4 Å². The second kappa shape index (κ2) is 9.62. The van der Waals surface area contributed by atoms with Crippen LogP contribution in [0.5, 0.6) is 0 Å². The van der Waals surface area contributed by atoms with E-state index in [0.717, 1.165) is 18.2 Å². The van der Waals surface area contributed by atoms with Gasteiger partial charge in [0.1, 0.15) is 11.6 Å². The first kappa shape index (κ1) is 23.4. The summed E-state index contributed by atoms with van der Waals surface area (Å²) in [5.74, 6) is -1.78. The first-order valence-electron chi connectivity index (χ1n) is 10.4. The maximum atomic E-state index is 14.3. The highest BCUT2D eigenvalue weighted by atomic mass is 19.4. The number of carbonyl (C=O) groups is 1. The zero-order valence-corrected chi connectivity index (χ0v) is 17.7. The van der Waals surface area contributed by atoms with Gasteiger partial charge in [0.15, 0.2) is 6.10 Å². The molecule has 9 heteroatoms. The van der Waals surface area contributed by atoms with Crippen LogP contribution in [0.1, 0.15) is 33.5 Å². The number of benzene rings is 3. The topological polar surface area (TPSA) is 41.9 Å². The van der Waals surface area contributed by atoms with Crippen molar-refractivity contribution in [2.45, 2.75) is 25.2 Å². The second-order valence-corrected chi connectivity index (χ2v) is 7.84. The largest absolute Gasteiger partial charge is 0.416 e. The maximum Gasteiger partial charge on any atom is 0.416 e. The molecule has 1 amide bonds. The van der Waals surface area contributed by atoms with Crippen LogP contribution in [0, 0.1) is 11.6 Å². The van der Waals surface area contributed by atoms with Crippen molar-refractivity contribution in [1.29, 1.82) is 0 Å². The molecule has 0 radical (unpaired) electrons. The van der Waals surface area contributed by atoms with Crippen LogP contribution in [-0.2, 0) is 17.6 Å². The summed E-state index contributed by atoms with van der Waals surface area (Å²) < 4.78 is 66.5. The zero-order valence-electron chi connectivity index (χ0n) is 17.7. The van der Waals surface area contributed by atoms with Crippen LogP contribution in [0.4, 0.5) is 22.0 Å². The van der Waals surface area contributed by atoms with Gasteiger partial charge in [0, 0.05) is 18.5 Å².